The Kier molecular flexibility index (Phi) is 5.43. The number of nitrogens with zero attached hydrogens (tertiary/aromatic N) is 1. The number of nitrogens with one attached hydrogen (secondary N) is 2. The molecule has 2 heterocycles. The Morgan fingerprint density at radius 2 is 2.08 bits per heavy atom. The third-order valence-electron chi connectivity index (χ3n) is 5.01. The number of methoxy groups -OCH3 is 1. The number of aryl methyl sites for hydroxylation is 1. The van der Waals surface area contributed by atoms with E-state index in [-0.39, 0.29) is 5.91 Å². The first-order chi connectivity index (χ1) is 12.1. The second-order valence-corrected chi connectivity index (χ2v) is 6.72. The topological polar surface area (TPSA) is 55.3 Å². The van der Waals surface area contributed by atoms with Crippen molar-refractivity contribution in [2.45, 2.75) is 26.7 Å². The molecule has 5 heteroatoms. The molecule has 25 heavy (non-hydrogen) atoms. The molecule has 0 bridgehead atoms. The van der Waals surface area contributed by atoms with Gasteiger partial charge in [0.1, 0.15) is 5.75 Å². The highest BCUT2D eigenvalue weighted by molar-refractivity contribution is 5.95. The molecular weight excluding hydrogens is 314 g/mol. The molecule has 3 rings (SSSR count). The van der Waals surface area contributed by atoms with Crippen LogP contribution < -0.4 is 15.4 Å². The summed E-state index contributed by atoms with van der Waals surface area (Å²) in [4.78, 5) is 12.6. The fourth-order valence-corrected chi connectivity index (χ4v) is 3.57. The van der Waals surface area contributed by atoms with Crippen molar-refractivity contribution in [2.75, 3.05) is 26.7 Å². The van der Waals surface area contributed by atoms with Gasteiger partial charge in [-0.05, 0) is 76.0 Å². The number of carbonyl (C=O) groups excluding carboxylic acids is 1. The quantitative estimate of drug-likeness (QED) is 0.849. The van der Waals surface area contributed by atoms with Gasteiger partial charge in [-0.15, -0.1) is 0 Å². The summed E-state index contributed by atoms with van der Waals surface area (Å²) in [5.74, 6) is 1.52. The standard InChI is InChI=1S/C20H27N3O2/c1-14-12-19(20(24)22-11-9-16-8-10-21-13-16)15(2)23(14)17-4-6-18(25-3)7-5-17/h4-7,12,16,21H,8-11,13H2,1-3H3,(H,22,24). The van der Waals surface area contributed by atoms with E-state index in [9.17, 15) is 4.79 Å². The molecule has 0 spiro atoms. The molecule has 2 aromatic rings. The van der Waals surface area contributed by atoms with E-state index in [0.717, 1.165) is 54.4 Å². The van der Waals surface area contributed by atoms with Crippen molar-refractivity contribution in [3.8, 4) is 11.4 Å². The number of rotatable bonds is 6. The third-order valence-corrected chi connectivity index (χ3v) is 5.01. The number of carbonyl (C=O) groups is 1. The van der Waals surface area contributed by atoms with Gasteiger partial charge in [0, 0.05) is 23.6 Å². The fraction of sp³-hybridized carbons (Fsp3) is 0.450. The monoisotopic (exact) mass is 341 g/mol. The predicted octanol–water partition coefficient (Wildman–Crippen LogP) is 2.83. The van der Waals surface area contributed by atoms with Gasteiger partial charge in [-0.25, -0.2) is 0 Å². The molecule has 0 radical (unpaired) electrons. The summed E-state index contributed by atoms with van der Waals surface area (Å²) in [7, 11) is 1.66. The smallest absolute Gasteiger partial charge is 0.253 e. The van der Waals surface area contributed by atoms with E-state index < -0.39 is 0 Å². The third kappa shape index (κ3) is 3.87. The van der Waals surface area contributed by atoms with Crippen LogP contribution in [0.2, 0.25) is 0 Å². The van der Waals surface area contributed by atoms with Crippen LogP contribution >= 0.6 is 0 Å². The van der Waals surface area contributed by atoms with Crippen LogP contribution in [0.4, 0.5) is 0 Å². The van der Waals surface area contributed by atoms with Crippen molar-refractivity contribution in [3.63, 3.8) is 0 Å². The molecule has 1 unspecified atom stereocenters. The Morgan fingerprint density at radius 1 is 1.32 bits per heavy atom. The van der Waals surface area contributed by atoms with Gasteiger partial charge in [0.25, 0.3) is 5.91 Å². The molecule has 5 nitrogen and oxygen atoms in total. The summed E-state index contributed by atoms with van der Waals surface area (Å²) in [5, 5.41) is 6.44. The van der Waals surface area contributed by atoms with Crippen LogP contribution in [0.15, 0.2) is 30.3 Å². The van der Waals surface area contributed by atoms with Gasteiger partial charge in [0.05, 0.1) is 12.7 Å². The van der Waals surface area contributed by atoms with Crippen molar-refractivity contribution in [1.82, 2.24) is 15.2 Å². The molecule has 1 fully saturated rings. The minimum Gasteiger partial charge on any atom is -0.497 e. The van der Waals surface area contributed by atoms with Gasteiger partial charge in [-0.3, -0.25) is 4.79 Å². The lowest BCUT2D eigenvalue weighted by atomic mass is 10.1. The Balaban J connectivity index is 1.70. The molecule has 0 aliphatic carbocycles. The minimum atomic E-state index is 0.0128. The summed E-state index contributed by atoms with van der Waals surface area (Å²) in [6.45, 7) is 6.92. The maximum Gasteiger partial charge on any atom is 0.253 e. The molecule has 1 aromatic carbocycles. The zero-order chi connectivity index (χ0) is 17.8. The van der Waals surface area contributed by atoms with E-state index in [4.69, 9.17) is 4.74 Å². The molecule has 1 amide bonds. The van der Waals surface area contributed by atoms with Gasteiger partial charge < -0.3 is 19.9 Å². The summed E-state index contributed by atoms with van der Waals surface area (Å²) in [6, 6.07) is 9.85. The van der Waals surface area contributed by atoms with Gasteiger partial charge in [-0.2, -0.15) is 0 Å². The van der Waals surface area contributed by atoms with Crippen molar-refractivity contribution >= 4 is 5.91 Å². The lowest BCUT2D eigenvalue weighted by molar-refractivity contribution is 0.0951. The Morgan fingerprint density at radius 3 is 2.72 bits per heavy atom. The van der Waals surface area contributed by atoms with Crippen LogP contribution in [0.5, 0.6) is 5.75 Å². The summed E-state index contributed by atoms with van der Waals surface area (Å²) >= 11 is 0. The molecule has 2 N–H and O–H groups in total. The first-order valence-electron chi connectivity index (χ1n) is 8.92. The second-order valence-electron chi connectivity index (χ2n) is 6.72. The number of amides is 1. The molecule has 1 aromatic heterocycles. The predicted molar refractivity (Wildman–Crippen MR) is 99.7 cm³/mol. The largest absolute Gasteiger partial charge is 0.497 e. The maximum atomic E-state index is 12.6. The molecule has 0 saturated carbocycles. The zero-order valence-electron chi connectivity index (χ0n) is 15.3. The Bertz CT molecular complexity index is 728. The number of aromatic nitrogens is 1. The summed E-state index contributed by atoms with van der Waals surface area (Å²) in [5.41, 5.74) is 3.79. The van der Waals surface area contributed by atoms with Gasteiger partial charge in [0.15, 0.2) is 0 Å². The highest BCUT2D eigenvalue weighted by atomic mass is 16.5. The van der Waals surface area contributed by atoms with Crippen molar-refractivity contribution < 1.29 is 9.53 Å². The second kappa shape index (κ2) is 7.74. The number of hydrogen-bond donors (Lipinski definition) is 2. The van der Waals surface area contributed by atoms with Gasteiger partial charge in [0.2, 0.25) is 0 Å². The Hall–Kier alpha value is -2.27. The number of hydrogen-bond acceptors (Lipinski definition) is 3. The molecule has 1 aliphatic rings. The van der Waals surface area contributed by atoms with Crippen molar-refractivity contribution in [2.24, 2.45) is 5.92 Å². The fourth-order valence-electron chi connectivity index (χ4n) is 3.57. The van der Waals surface area contributed by atoms with Crippen LogP contribution in [0.3, 0.4) is 0 Å². The van der Waals surface area contributed by atoms with E-state index in [1.165, 1.54) is 6.42 Å². The van der Waals surface area contributed by atoms with Crippen LogP contribution in [0, 0.1) is 19.8 Å². The molecule has 134 valence electrons. The maximum absolute atomic E-state index is 12.6. The number of ether oxygens (including phenoxy) is 1. The zero-order valence-corrected chi connectivity index (χ0v) is 15.3. The Labute approximate surface area is 149 Å². The van der Waals surface area contributed by atoms with Gasteiger partial charge >= 0.3 is 0 Å². The average Bonchev–Trinajstić information content (AvgIpc) is 3.23. The number of benzene rings is 1. The SMILES string of the molecule is COc1ccc(-n2c(C)cc(C(=O)NCCC3CCNC3)c2C)cc1. The highest BCUT2D eigenvalue weighted by Gasteiger charge is 2.18. The first-order valence-corrected chi connectivity index (χ1v) is 8.92. The van der Waals surface area contributed by atoms with Crippen molar-refractivity contribution in [1.29, 1.82) is 0 Å². The van der Waals surface area contributed by atoms with E-state index >= 15 is 0 Å². The van der Waals surface area contributed by atoms with Gasteiger partial charge in [-0.1, -0.05) is 0 Å². The lowest BCUT2D eigenvalue weighted by Gasteiger charge is -2.11. The summed E-state index contributed by atoms with van der Waals surface area (Å²) in [6.07, 6.45) is 2.25. The average molecular weight is 341 g/mol. The van der Waals surface area contributed by atoms with E-state index in [0.29, 0.717) is 5.92 Å². The van der Waals surface area contributed by atoms with Crippen LogP contribution in [0.25, 0.3) is 5.69 Å². The van der Waals surface area contributed by atoms with Crippen molar-refractivity contribution in [3.05, 3.63) is 47.3 Å². The highest BCUT2D eigenvalue weighted by Crippen LogP contribution is 2.23. The van der Waals surface area contributed by atoms with Crippen LogP contribution in [0.1, 0.15) is 34.6 Å². The normalized spacial score (nSPS) is 16.8. The molecule has 1 saturated heterocycles. The molecule has 1 aliphatic heterocycles. The summed E-state index contributed by atoms with van der Waals surface area (Å²) < 4.78 is 7.32. The first kappa shape index (κ1) is 17.5. The minimum absolute atomic E-state index is 0.0128. The molecular formula is C20H27N3O2. The molecule has 1 atom stereocenters. The lowest BCUT2D eigenvalue weighted by Crippen LogP contribution is -2.26. The van der Waals surface area contributed by atoms with E-state index in [1.807, 2.05) is 44.2 Å². The van der Waals surface area contributed by atoms with E-state index in [1.54, 1.807) is 7.11 Å². The van der Waals surface area contributed by atoms with E-state index in [2.05, 4.69) is 15.2 Å². The van der Waals surface area contributed by atoms with Crippen LogP contribution in [-0.4, -0.2) is 37.2 Å². The van der Waals surface area contributed by atoms with Crippen LogP contribution in [-0.2, 0) is 0 Å².